The predicted octanol–water partition coefficient (Wildman–Crippen LogP) is 1.79. The monoisotopic (exact) mass is 279 g/mol. The highest BCUT2D eigenvalue weighted by molar-refractivity contribution is 5.96. The smallest absolute Gasteiger partial charge is 0.405 e. The summed E-state index contributed by atoms with van der Waals surface area (Å²) in [5.74, 6) is -1.37. The van der Waals surface area contributed by atoms with Crippen LogP contribution in [0.4, 0.5) is 13.2 Å². The molecule has 2 bridgehead atoms. The summed E-state index contributed by atoms with van der Waals surface area (Å²) in [6.45, 7) is 3.66. The first kappa shape index (κ1) is 14.1. The van der Waals surface area contributed by atoms with Crippen LogP contribution in [-0.2, 0) is 14.3 Å². The Morgan fingerprint density at radius 2 is 1.89 bits per heavy atom. The maximum Gasteiger partial charge on any atom is 0.405 e. The molecule has 19 heavy (non-hydrogen) atoms. The summed E-state index contributed by atoms with van der Waals surface area (Å²) in [4.78, 5) is 23.9. The Bertz CT molecular complexity index is 446. The average Bonchev–Trinajstić information content (AvgIpc) is 2.55. The van der Waals surface area contributed by atoms with Gasteiger partial charge in [0.1, 0.15) is 6.54 Å². The Morgan fingerprint density at radius 3 is 2.26 bits per heavy atom. The van der Waals surface area contributed by atoms with Crippen molar-refractivity contribution in [1.82, 2.24) is 5.32 Å². The zero-order valence-corrected chi connectivity index (χ0v) is 11.0. The molecule has 0 radical (unpaired) electrons. The van der Waals surface area contributed by atoms with E-state index in [0.717, 1.165) is 0 Å². The molecule has 0 aromatic carbocycles. The van der Waals surface area contributed by atoms with Crippen LogP contribution in [0.15, 0.2) is 0 Å². The highest BCUT2D eigenvalue weighted by atomic mass is 19.4. The topological polar surface area (TPSA) is 55.4 Å². The van der Waals surface area contributed by atoms with Crippen molar-refractivity contribution in [3.8, 4) is 0 Å². The quantitative estimate of drug-likeness (QED) is 0.784. The molecule has 108 valence electrons. The highest BCUT2D eigenvalue weighted by Crippen LogP contribution is 2.65. The number of hydrogen-bond donors (Lipinski definition) is 1. The van der Waals surface area contributed by atoms with Crippen LogP contribution in [0.5, 0.6) is 0 Å². The fourth-order valence-electron chi connectivity index (χ4n) is 3.07. The van der Waals surface area contributed by atoms with Crippen molar-refractivity contribution in [2.75, 3.05) is 6.54 Å². The summed E-state index contributed by atoms with van der Waals surface area (Å²) in [6.07, 6.45) is -3.79. The lowest BCUT2D eigenvalue weighted by Gasteiger charge is -2.35. The summed E-state index contributed by atoms with van der Waals surface area (Å²) < 4.78 is 41.7. The largest absolute Gasteiger partial charge is 0.448 e. The third kappa shape index (κ3) is 1.66. The van der Waals surface area contributed by atoms with Gasteiger partial charge in [-0.15, -0.1) is 0 Å². The maximum absolute atomic E-state index is 12.2. The van der Waals surface area contributed by atoms with Crippen LogP contribution in [0, 0.1) is 10.8 Å². The number of hydrogen-bond acceptors (Lipinski definition) is 3. The van der Waals surface area contributed by atoms with Crippen LogP contribution < -0.4 is 5.32 Å². The van der Waals surface area contributed by atoms with Gasteiger partial charge in [-0.2, -0.15) is 13.2 Å². The number of fused-ring (bicyclic) bond motifs is 2. The number of alkyl halides is 3. The number of nitrogens with one attached hydrogen (secondary N) is 1. The number of rotatable bonds is 2. The number of ether oxygens (including phenoxy) is 1. The molecule has 2 atom stereocenters. The van der Waals surface area contributed by atoms with E-state index in [2.05, 4.69) is 0 Å². The van der Waals surface area contributed by atoms with Gasteiger partial charge < -0.3 is 10.1 Å². The molecule has 0 aromatic heterocycles. The molecular weight excluding hydrogens is 263 g/mol. The lowest BCUT2D eigenvalue weighted by atomic mass is 9.66. The van der Waals surface area contributed by atoms with Gasteiger partial charge in [0, 0.05) is 5.41 Å². The lowest BCUT2D eigenvalue weighted by molar-refractivity contribution is -0.171. The van der Waals surface area contributed by atoms with E-state index in [1.54, 1.807) is 20.8 Å². The molecule has 1 amide bonds. The lowest BCUT2D eigenvalue weighted by Crippen LogP contribution is -2.54. The van der Waals surface area contributed by atoms with Gasteiger partial charge in [0.15, 0.2) is 5.60 Å². The SMILES string of the molecule is CC12CCC(C(=O)NCC(F)(F)F)(OC1=O)C2(C)C. The van der Waals surface area contributed by atoms with Crippen LogP contribution in [0.2, 0.25) is 0 Å². The Morgan fingerprint density at radius 1 is 1.32 bits per heavy atom. The van der Waals surface area contributed by atoms with E-state index < -0.39 is 41.0 Å². The molecule has 2 unspecified atom stereocenters. The molecule has 1 aliphatic heterocycles. The van der Waals surface area contributed by atoms with E-state index in [0.29, 0.717) is 6.42 Å². The van der Waals surface area contributed by atoms with Gasteiger partial charge in [0.25, 0.3) is 5.91 Å². The third-order valence-corrected chi connectivity index (χ3v) is 4.90. The molecule has 1 N–H and O–H groups in total. The fraction of sp³-hybridized carbons (Fsp3) is 0.833. The van der Waals surface area contributed by atoms with Gasteiger partial charge in [0.05, 0.1) is 5.41 Å². The van der Waals surface area contributed by atoms with Gasteiger partial charge in [-0.1, -0.05) is 13.8 Å². The highest BCUT2D eigenvalue weighted by Gasteiger charge is 2.75. The normalized spacial score (nSPS) is 36.2. The minimum absolute atomic E-state index is 0.256. The van der Waals surface area contributed by atoms with Gasteiger partial charge in [-0.3, -0.25) is 9.59 Å². The van der Waals surface area contributed by atoms with Gasteiger partial charge in [-0.05, 0) is 19.8 Å². The maximum atomic E-state index is 12.2. The molecule has 7 heteroatoms. The van der Waals surface area contributed by atoms with Crippen molar-refractivity contribution in [2.24, 2.45) is 10.8 Å². The number of halogens is 3. The number of carbonyl (C=O) groups excluding carboxylic acids is 2. The zero-order valence-electron chi connectivity index (χ0n) is 11.0. The molecule has 0 spiro atoms. The van der Waals surface area contributed by atoms with E-state index in [4.69, 9.17) is 4.74 Å². The Hall–Kier alpha value is -1.27. The first-order chi connectivity index (χ1) is 8.46. The van der Waals surface area contributed by atoms with E-state index in [-0.39, 0.29) is 6.42 Å². The summed E-state index contributed by atoms with van der Waals surface area (Å²) >= 11 is 0. The standard InChI is InChI=1S/C12H16F3NO3/c1-9(2)10(3)4-5-11(9,19-8(10)18)7(17)16-6-12(13,14)15/h4-6H2,1-3H3,(H,16,17). The van der Waals surface area contributed by atoms with Gasteiger partial charge >= 0.3 is 12.1 Å². The van der Waals surface area contributed by atoms with Crippen molar-refractivity contribution in [2.45, 2.75) is 45.4 Å². The van der Waals surface area contributed by atoms with Crippen LogP contribution >= 0.6 is 0 Å². The molecule has 2 rings (SSSR count). The van der Waals surface area contributed by atoms with Crippen molar-refractivity contribution >= 4 is 11.9 Å². The van der Waals surface area contributed by atoms with Crippen molar-refractivity contribution in [3.63, 3.8) is 0 Å². The molecule has 1 saturated heterocycles. The minimum Gasteiger partial charge on any atom is -0.448 e. The summed E-state index contributed by atoms with van der Waals surface area (Å²) in [6, 6.07) is 0. The van der Waals surface area contributed by atoms with Crippen molar-refractivity contribution < 1.29 is 27.5 Å². The second-order valence-electron chi connectivity index (χ2n) is 5.97. The van der Waals surface area contributed by atoms with E-state index >= 15 is 0 Å². The summed E-state index contributed by atoms with van der Waals surface area (Å²) in [5, 5.41) is 1.84. The van der Waals surface area contributed by atoms with Gasteiger partial charge in [0.2, 0.25) is 0 Å². The molecule has 1 aliphatic carbocycles. The van der Waals surface area contributed by atoms with E-state index in [1.165, 1.54) is 0 Å². The van der Waals surface area contributed by atoms with Gasteiger partial charge in [-0.25, -0.2) is 0 Å². The van der Waals surface area contributed by atoms with Crippen LogP contribution in [-0.4, -0.2) is 30.2 Å². The Labute approximate surface area is 108 Å². The second kappa shape index (κ2) is 3.64. The third-order valence-electron chi connectivity index (χ3n) is 4.90. The van der Waals surface area contributed by atoms with Crippen LogP contribution in [0.3, 0.4) is 0 Å². The van der Waals surface area contributed by atoms with Crippen molar-refractivity contribution in [3.05, 3.63) is 0 Å². The Balaban J connectivity index is 2.25. The second-order valence-corrected chi connectivity index (χ2v) is 5.97. The zero-order chi connectivity index (χ0) is 14.7. The molecule has 2 fully saturated rings. The molecule has 1 saturated carbocycles. The number of amides is 1. The van der Waals surface area contributed by atoms with E-state index in [9.17, 15) is 22.8 Å². The number of esters is 1. The first-order valence-electron chi connectivity index (χ1n) is 6.05. The molecular formula is C12H16F3NO3. The molecule has 0 aromatic rings. The molecule has 1 heterocycles. The first-order valence-corrected chi connectivity index (χ1v) is 6.05. The van der Waals surface area contributed by atoms with Crippen molar-refractivity contribution in [1.29, 1.82) is 0 Å². The van der Waals surface area contributed by atoms with Crippen LogP contribution in [0.25, 0.3) is 0 Å². The summed E-state index contributed by atoms with van der Waals surface area (Å²) in [5.41, 5.74) is -3.13. The summed E-state index contributed by atoms with van der Waals surface area (Å²) in [7, 11) is 0. The molecule has 4 nitrogen and oxygen atoms in total. The minimum atomic E-state index is -4.49. The average molecular weight is 279 g/mol. The van der Waals surface area contributed by atoms with E-state index in [1.807, 2.05) is 5.32 Å². The fourth-order valence-corrected chi connectivity index (χ4v) is 3.07. The number of carbonyl (C=O) groups is 2. The molecule has 2 aliphatic rings. The Kier molecular flexibility index (Phi) is 2.71. The van der Waals surface area contributed by atoms with Crippen LogP contribution in [0.1, 0.15) is 33.6 Å². The predicted molar refractivity (Wildman–Crippen MR) is 59.0 cm³/mol.